The molecule has 2 heterocycles. The Balaban J connectivity index is 0.00000288. The number of thiazole rings is 1. The van der Waals surface area contributed by atoms with Crippen LogP contribution in [0.25, 0.3) is 0 Å². The van der Waals surface area contributed by atoms with Crippen molar-refractivity contribution in [3.05, 3.63) is 40.7 Å². The fourth-order valence-corrected chi connectivity index (χ4v) is 2.98. The maximum Gasteiger partial charge on any atom is 0.191 e. The first kappa shape index (κ1) is 21.3. The Bertz CT molecular complexity index is 561. The molecule has 5 nitrogen and oxygen atoms in total. The molecule has 24 heavy (non-hydrogen) atoms. The first-order chi connectivity index (χ1) is 11.3. The number of rotatable bonds is 9. The van der Waals surface area contributed by atoms with Crippen LogP contribution >= 0.6 is 47.1 Å². The van der Waals surface area contributed by atoms with Gasteiger partial charge in [-0.3, -0.25) is 4.99 Å². The van der Waals surface area contributed by atoms with E-state index < -0.39 is 0 Å². The van der Waals surface area contributed by atoms with E-state index in [1.54, 1.807) is 17.6 Å². The largest absolute Gasteiger partial charge is 0.469 e. The van der Waals surface area contributed by atoms with Gasteiger partial charge in [0.15, 0.2) is 5.96 Å². The van der Waals surface area contributed by atoms with Crippen LogP contribution in [-0.4, -0.2) is 42.6 Å². The van der Waals surface area contributed by atoms with Gasteiger partial charge in [-0.25, -0.2) is 4.98 Å². The molecule has 0 radical (unpaired) electrons. The van der Waals surface area contributed by atoms with Crippen molar-refractivity contribution in [3.63, 3.8) is 0 Å². The summed E-state index contributed by atoms with van der Waals surface area (Å²) in [7, 11) is 0. The van der Waals surface area contributed by atoms with Gasteiger partial charge in [0.2, 0.25) is 0 Å². The van der Waals surface area contributed by atoms with Crippen molar-refractivity contribution in [3.8, 4) is 0 Å². The van der Waals surface area contributed by atoms with E-state index in [1.807, 2.05) is 35.5 Å². The summed E-state index contributed by atoms with van der Waals surface area (Å²) in [6.45, 7) is 4.58. The minimum Gasteiger partial charge on any atom is -0.469 e. The second-order valence-corrected chi connectivity index (χ2v) is 7.05. The van der Waals surface area contributed by atoms with Crippen LogP contribution in [0.2, 0.25) is 0 Å². The zero-order valence-corrected chi connectivity index (χ0v) is 18.0. The van der Waals surface area contributed by atoms with Gasteiger partial charge in [-0.15, -0.1) is 35.3 Å². The van der Waals surface area contributed by atoms with Gasteiger partial charge in [-0.2, -0.15) is 11.8 Å². The van der Waals surface area contributed by atoms with Crippen LogP contribution in [0, 0.1) is 0 Å². The quantitative estimate of drug-likeness (QED) is 0.249. The molecule has 0 bridgehead atoms. The SMILES string of the molecule is CSCCNC(=NCC(C)c1nccs1)NCCc1ccco1.I. The topological polar surface area (TPSA) is 62.5 Å². The van der Waals surface area contributed by atoms with Gasteiger partial charge >= 0.3 is 0 Å². The molecule has 2 N–H and O–H groups in total. The predicted octanol–water partition coefficient (Wildman–Crippen LogP) is 3.60. The highest BCUT2D eigenvalue weighted by Crippen LogP contribution is 2.17. The standard InChI is InChI=1S/C16H24N4OS2.HI/c1-13(15-17-8-11-23-15)12-20-16(19-7-10-22-2)18-6-5-14-4-3-9-21-14;/h3-4,8-9,11,13H,5-7,10,12H2,1-2H3,(H2,18,19,20);1H. The average Bonchev–Trinajstić information content (AvgIpc) is 3.25. The van der Waals surface area contributed by atoms with Crippen molar-refractivity contribution in [2.24, 2.45) is 4.99 Å². The third-order valence-electron chi connectivity index (χ3n) is 3.24. The molecule has 0 saturated heterocycles. The minimum absolute atomic E-state index is 0. The number of nitrogens with one attached hydrogen (secondary N) is 2. The van der Waals surface area contributed by atoms with Gasteiger partial charge < -0.3 is 15.1 Å². The molecule has 0 amide bonds. The molecular formula is C16H25IN4OS2. The van der Waals surface area contributed by atoms with Crippen LogP contribution < -0.4 is 10.6 Å². The smallest absolute Gasteiger partial charge is 0.191 e. The van der Waals surface area contributed by atoms with E-state index in [4.69, 9.17) is 9.41 Å². The zero-order chi connectivity index (χ0) is 16.3. The maximum atomic E-state index is 5.35. The van der Waals surface area contributed by atoms with Gasteiger partial charge in [0.1, 0.15) is 5.76 Å². The highest BCUT2D eigenvalue weighted by molar-refractivity contribution is 14.0. The number of hydrogen-bond acceptors (Lipinski definition) is 5. The van der Waals surface area contributed by atoms with Crippen molar-refractivity contribution in [2.45, 2.75) is 19.3 Å². The molecule has 0 spiro atoms. The number of nitrogens with zero attached hydrogens (tertiary/aromatic N) is 2. The van der Waals surface area contributed by atoms with Gasteiger partial charge in [0.05, 0.1) is 17.8 Å². The monoisotopic (exact) mass is 480 g/mol. The first-order valence-corrected chi connectivity index (χ1v) is 10.00. The molecule has 134 valence electrons. The summed E-state index contributed by atoms with van der Waals surface area (Å²) in [4.78, 5) is 9.05. The van der Waals surface area contributed by atoms with Gasteiger partial charge in [0.25, 0.3) is 0 Å². The van der Waals surface area contributed by atoms with Crippen LogP contribution in [0.5, 0.6) is 0 Å². The van der Waals surface area contributed by atoms with E-state index in [0.717, 1.165) is 48.5 Å². The molecule has 0 aliphatic rings. The van der Waals surface area contributed by atoms with Gasteiger partial charge in [-0.1, -0.05) is 6.92 Å². The van der Waals surface area contributed by atoms with E-state index in [0.29, 0.717) is 5.92 Å². The van der Waals surface area contributed by atoms with Crippen molar-refractivity contribution in [2.75, 3.05) is 31.6 Å². The lowest BCUT2D eigenvalue weighted by Crippen LogP contribution is -2.39. The summed E-state index contributed by atoms with van der Waals surface area (Å²) in [6, 6.07) is 3.90. The number of thioether (sulfide) groups is 1. The first-order valence-electron chi connectivity index (χ1n) is 7.72. The lowest BCUT2D eigenvalue weighted by Gasteiger charge is -2.13. The highest BCUT2D eigenvalue weighted by Gasteiger charge is 2.08. The van der Waals surface area contributed by atoms with E-state index in [9.17, 15) is 0 Å². The highest BCUT2D eigenvalue weighted by atomic mass is 127. The summed E-state index contributed by atoms with van der Waals surface area (Å²) >= 11 is 3.50. The normalized spacial score (nSPS) is 12.5. The molecule has 1 atom stereocenters. The molecule has 1 unspecified atom stereocenters. The van der Waals surface area contributed by atoms with Crippen molar-refractivity contribution >= 4 is 53.0 Å². The van der Waals surface area contributed by atoms with Crippen molar-refractivity contribution < 1.29 is 4.42 Å². The third kappa shape index (κ3) is 7.89. The number of furan rings is 1. The minimum atomic E-state index is 0. The Labute approximate surface area is 169 Å². The lowest BCUT2D eigenvalue weighted by atomic mass is 10.2. The van der Waals surface area contributed by atoms with Gasteiger partial charge in [0, 0.05) is 42.8 Å². The molecule has 2 aromatic rings. The number of guanidine groups is 1. The molecule has 0 fully saturated rings. The molecule has 0 aliphatic carbocycles. The number of aliphatic imine (C=N–C) groups is 1. The average molecular weight is 480 g/mol. The lowest BCUT2D eigenvalue weighted by molar-refractivity contribution is 0.507. The predicted molar refractivity (Wildman–Crippen MR) is 115 cm³/mol. The third-order valence-corrected chi connectivity index (χ3v) is 4.86. The molecule has 2 rings (SSSR count). The summed E-state index contributed by atoms with van der Waals surface area (Å²) in [6.07, 6.45) is 6.50. The van der Waals surface area contributed by atoms with Crippen molar-refractivity contribution in [1.29, 1.82) is 0 Å². The Morgan fingerprint density at radius 2 is 2.25 bits per heavy atom. The van der Waals surface area contributed by atoms with Gasteiger partial charge in [-0.05, 0) is 18.4 Å². The molecule has 8 heteroatoms. The van der Waals surface area contributed by atoms with E-state index in [2.05, 4.69) is 28.8 Å². The zero-order valence-electron chi connectivity index (χ0n) is 14.0. The fraction of sp³-hybridized carbons (Fsp3) is 0.500. The van der Waals surface area contributed by atoms with Crippen LogP contribution in [0.3, 0.4) is 0 Å². The maximum absolute atomic E-state index is 5.35. The summed E-state index contributed by atoms with van der Waals surface area (Å²) < 4.78 is 5.35. The van der Waals surface area contributed by atoms with Crippen LogP contribution in [0.1, 0.15) is 23.6 Å². The Morgan fingerprint density at radius 3 is 2.92 bits per heavy atom. The molecule has 0 aromatic carbocycles. The molecule has 0 aliphatic heterocycles. The molecule has 0 saturated carbocycles. The Kier molecular flexibility index (Phi) is 11.2. The second-order valence-electron chi connectivity index (χ2n) is 5.14. The van der Waals surface area contributed by atoms with Crippen LogP contribution in [0.15, 0.2) is 39.4 Å². The van der Waals surface area contributed by atoms with Crippen molar-refractivity contribution in [1.82, 2.24) is 15.6 Å². The fourth-order valence-electron chi connectivity index (χ4n) is 1.99. The summed E-state index contributed by atoms with van der Waals surface area (Å²) in [5, 5.41) is 9.88. The summed E-state index contributed by atoms with van der Waals surface area (Å²) in [5.41, 5.74) is 0. The molecule has 2 aromatic heterocycles. The van der Waals surface area contributed by atoms with E-state index >= 15 is 0 Å². The van der Waals surface area contributed by atoms with Crippen LogP contribution in [-0.2, 0) is 6.42 Å². The number of hydrogen-bond donors (Lipinski definition) is 2. The Morgan fingerprint density at radius 1 is 1.42 bits per heavy atom. The number of halogens is 1. The van der Waals surface area contributed by atoms with Crippen LogP contribution in [0.4, 0.5) is 0 Å². The van der Waals surface area contributed by atoms with E-state index in [-0.39, 0.29) is 24.0 Å². The second kappa shape index (κ2) is 12.6. The summed E-state index contributed by atoms with van der Waals surface area (Å²) in [5.74, 6) is 3.23. The molecular weight excluding hydrogens is 455 g/mol. The Hall–Kier alpha value is -0.740. The van der Waals surface area contributed by atoms with E-state index in [1.165, 1.54) is 0 Å². The number of aromatic nitrogens is 1.